The standard InChI is InChI=1S/C18H17BrFNO4/c19-15-10-14(20)4-3-13(15)11-25-18(23)12-5-7-21(8-6-12)17(22)16-2-1-9-24-16/h1-4,9-10,12H,5-8,11H2. The molecule has 1 aromatic heterocycles. The Morgan fingerprint density at radius 3 is 2.68 bits per heavy atom. The molecule has 2 aromatic rings. The smallest absolute Gasteiger partial charge is 0.309 e. The van der Waals surface area contributed by atoms with Crippen LogP contribution < -0.4 is 0 Å². The average molecular weight is 410 g/mol. The average Bonchev–Trinajstić information content (AvgIpc) is 3.15. The van der Waals surface area contributed by atoms with Gasteiger partial charge in [-0.1, -0.05) is 22.0 Å². The molecule has 0 unspecified atom stereocenters. The molecule has 0 N–H and O–H groups in total. The number of furan rings is 1. The number of carbonyl (C=O) groups is 2. The van der Waals surface area contributed by atoms with Gasteiger partial charge in [0.15, 0.2) is 5.76 Å². The molecule has 25 heavy (non-hydrogen) atoms. The molecule has 0 saturated carbocycles. The number of ether oxygens (including phenoxy) is 1. The van der Waals surface area contributed by atoms with Gasteiger partial charge >= 0.3 is 5.97 Å². The van der Waals surface area contributed by atoms with Crippen molar-refractivity contribution in [1.82, 2.24) is 4.90 Å². The molecule has 0 aliphatic carbocycles. The summed E-state index contributed by atoms with van der Waals surface area (Å²) in [6.45, 7) is 1.06. The third-order valence-corrected chi connectivity index (χ3v) is 4.97. The van der Waals surface area contributed by atoms with E-state index < -0.39 is 0 Å². The Bertz CT molecular complexity index is 754. The normalized spacial score (nSPS) is 15.2. The lowest BCUT2D eigenvalue weighted by molar-refractivity contribution is -0.151. The highest BCUT2D eigenvalue weighted by Crippen LogP contribution is 2.23. The third kappa shape index (κ3) is 4.28. The molecule has 1 aromatic carbocycles. The molecule has 2 heterocycles. The number of esters is 1. The van der Waals surface area contributed by atoms with Gasteiger partial charge in [0.1, 0.15) is 12.4 Å². The summed E-state index contributed by atoms with van der Waals surface area (Å²) in [6, 6.07) is 7.54. The fraction of sp³-hybridized carbons (Fsp3) is 0.333. The number of rotatable bonds is 4. The number of benzene rings is 1. The highest BCUT2D eigenvalue weighted by molar-refractivity contribution is 9.10. The quantitative estimate of drug-likeness (QED) is 0.720. The van der Waals surface area contributed by atoms with Crippen LogP contribution in [-0.2, 0) is 16.1 Å². The summed E-state index contributed by atoms with van der Waals surface area (Å²) in [5.41, 5.74) is 0.709. The first-order valence-corrected chi connectivity index (χ1v) is 8.77. The van der Waals surface area contributed by atoms with Crippen LogP contribution in [-0.4, -0.2) is 29.9 Å². The fourth-order valence-electron chi connectivity index (χ4n) is 2.78. The molecular weight excluding hydrogens is 393 g/mol. The zero-order valence-corrected chi connectivity index (χ0v) is 15.0. The second-order valence-corrected chi connectivity index (χ2v) is 6.74. The van der Waals surface area contributed by atoms with Gasteiger partial charge in [0.05, 0.1) is 12.2 Å². The van der Waals surface area contributed by atoms with Gasteiger partial charge in [0.25, 0.3) is 5.91 Å². The number of likely N-dealkylation sites (tertiary alicyclic amines) is 1. The molecule has 1 saturated heterocycles. The van der Waals surface area contributed by atoms with E-state index in [4.69, 9.17) is 9.15 Å². The first-order valence-electron chi connectivity index (χ1n) is 7.98. The summed E-state index contributed by atoms with van der Waals surface area (Å²) in [5, 5.41) is 0. The van der Waals surface area contributed by atoms with Crippen molar-refractivity contribution in [2.24, 2.45) is 5.92 Å². The Labute approximate surface area is 152 Å². The van der Waals surface area contributed by atoms with Crippen LogP contribution in [0.5, 0.6) is 0 Å². The summed E-state index contributed by atoms with van der Waals surface area (Å²) in [5.74, 6) is -0.731. The largest absolute Gasteiger partial charge is 0.461 e. The van der Waals surface area contributed by atoms with Crippen LogP contribution in [0.1, 0.15) is 29.0 Å². The fourth-order valence-corrected chi connectivity index (χ4v) is 3.25. The van der Waals surface area contributed by atoms with Gasteiger partial charge in [-0.2, -0.15) is 0 Å². The highest BCUT2D eigenvalue weighted by atomic mass is 79.9. The van der Waals surface area contributed by atoms with Gasteiger partial charge in [-0.3, -0.25) is 9.59 Å². The topological polar surface area (TPSA) is 59.8 Å². The molecule has 1 amide bonds. The minimum absolute atomic E-state index is 0.0885. The minimum atomic E-state index is -0.351. The molecule has 0 spiro atoms. The highest BCUT2D eigenvalue weighted by Gasteiger charge is 2.29. The van der Waals surface area contributed by atoms with E-state index >= 15 is 0 Å². The summed E-state index contributed by atoms with van der Waals surface area (Å²) in [7, 11) is 0. The Hall–Kier alpha value is -2.15. The van der Waals surface area contributed by atoms with Crippen LogP contribution in [0.25, 0.3) is 0 Å². The predicted octanol–water partition coefficient (Wildman–Crippen LogP) is 3.78. The van der Waals surface area contributed by atoms with Crippen molar-refractivity contribution < 1.29 is 23.1 Å². The molecule has 1 fully saturated rings. The summed E-state index contributed by atoms with van der Waals surface area (Å²) >= 11 is 3.25. The number of hydrogen-bond acceptors (Lipinski definition) is 4. The number of amides is 1. The number of hydrogen-bond donors (Lipinski definition) is 0. The van der Waals surface area contributed by atoms with Crippen LogP contribution in [0.2, 0.25) is 0 Å². The van der Waals surface area contributed by atoms with Gasteiger partial charge in [0, 0.05) is 23.1 Å². The molecule has 7 heteroatoms. The number of halogens is 2. The van der Waals surface area contributed by atoms with Crippen LogP contribution in [0.15, 0.2) is 45.5 Å². The number of piperidine rings is 1. The maximum atomic E-state index is 13.1. The lowest BCUT2D eigenvalue weighted by Crippen LogP contribution is -2.40. The van der Waals surface area contributed by atoms with Crippen LogP contribution in [0.4, 0.5) is 4.39 Å². The third-order valence-electron chi connectivity index (χ3n) is 4.23. The Morgan fingerprint density at radius 1 is 1.28 bits per heavy atom. The molecule has 0 atom stereocenters. The first kappa shape index (κ1) is 17.7. The molecule has 3 rings (SSSR count). The van der Waals surface area contributed by atoms with Crippen molar-refractivity contribution in [3.63, 3.8) is 0 Å². The lowest BCUT2D eigenvalue weighted by atomic mass is 9.97. The van der Waals surface area contributed by atoms with E-state index in [0.29, 0.717) is 41.7 Å². The molecule has 1 aliphatic heterocycles. The molecular formula is C18H17BrFNO4. The lowest BCUT2D eigenvalue weighted by Gasteiger charge is -2.30. The molecule has 0 bridgehead atoms. The molecule has 0 radical (unpaired) electrons. The van der Waals surface area contributed by atoms with Crippen molar-refractivity contribution >= 4 is 27.8 Å². The maximum absolute atomic E-state index is 13.1. The van der Waals surface area contributed by atoms with Crippen molar-refractivity contribution in [2.45, 2.75) is 19.4 Å². The van der Waals surface area contributed by atoms with Crippen LogP contribution >= 0.6 is 15.9 Å². The monoisotopic (exact) mass is 409 g/mol. The van der Waals surface area contributed by atoms with E-state index in [-0.39, 0.29) is 30.2 Å². The van der Waals surface area contributed by atoms with Gasteiger partial charge in [-0.15, -0.1) is 0 Å². The SMILES string of the molecule is O=C(OCc1ccc(F)cc1Br)C1CCN(C(=O)c2ccco2)CC1. The second-order valence-electron chi connectivity index (χ2n) is 5.89. The van der Waals surface area contributed by atoms with Crippen molar-refractivity contribution in [2.75, 3.05) is 13.1 Å². The Balaban J connectivity index is 1.49. The van der Waals surface area contributed by atoms with E-state index in [2.05, 4.69) is 15.9 Å². The molecule has 1 aliphatic rings. The van der Waals surface area contributed by atoms with Gasteiger partial charge in [-0.05, 0) is 37.1 Å². The summed E-state index contributed by atoms with van der Waals surface area (Å²) in [4.78, 5) is 26.1. The zero-order chi connectivity index (χ0) is 17.8. The maximum Gasteiger partial charge on any atom is 0.309 e. The zero-order valence-electron chi connectivity index (χ0n) is 13.4. The van der Waals surface area contributed by atoms with E-state index in [1.54, 1.807) is 23.1 Å². The van der Waals surface area contributed by atoms with Gasteiger partial charge in [-0.25, -0.2) is 4.39 Å². The van der Waals surface area contributed by atoms with Crippen molar-refractivity contribution in [3.05, 3.63) is 58.2 Å². The number of nitrogens with zero attached hydrogens (tertiary/aromatic N) is 1. The van der Waals surface area contributed by atoms with E-state index in [9.17, 15) is 14.0 Å². The molecule has 132 valence electrons. The Kier molecular flexibility index (Phi) is 5.53. The second kappa shape index (κ2) is 7.82. The van der Waals surface area contributed by atoms with Gasteiger partial charge in [0.2, 0.25) is 0 Å². The van der Waals surface area contributed by atoms with Gasteiger partial charge < -0.3 is 14.1 Å². The van der Waals surface area contributed by atoms with E-state index in [0.717, 1.165) is 0 Å². The first-order chi connectivity index (χ1) is 12.0. The summed E-state index contributed by atoms with van der Waals surface area (Å²) < 4.78 is 24.1. The minimum Gasteiger partial charge on any atom is -0.461 e. The van der Waals surface area contributed by atoms with E-state index in [1.807, 2.05) is 0 Å². The Morgan fingerprint density at radius 2 is 2.04 bits per heavy atom. The predicted molar refractivity (Wildman–Crippen MR) is 91.2 cm³/mol. The van der Waals surface area contributed by atoms with Crippen LogP contribution in [0.3, 0.4) is 0 Å². The molecule has 5 nitrogen and oxygen atoms in total. The van der Waals surface area contributed by atoms with Crippen LogP contribution in [0, 0.1) is 11.7 Å². The number of carbonyl (C=O) groups excluding carboxylic acids is 2. The van der Waals surface area contributed by atoms with Crippen molar-refractivity contribution in [1.29, 1.82) is 0 Å². The van der Waals surface area contributed by atoms with E-state index in [1.165, 1.54) is 18.4 Å². The van der Waals surface area contributed by atoms with Crippen molar-refractivity contribution in [3.8, 4) is 0 Å². The summed E-state index contributed by atoms with van der Waals surface area (Å²) in [6.07, 6.45) is 2.57.